The van der Waals surface area contributed by atoms with Crippen LogP contribution in [0.3, 0.4) is 0 Å². The van der Waals surface area contributed by atoms with E-state index in [1.165, 1.54) is 7.05 Å². The number of alkyl halides is 3. The Morgan fingerprint density at radius 2 is 2.06 bits per heavy atom. The number of methoxy groups -OCH3 is 1. The molecule has 0 radical (unpaired) electrons. The van der Waals surface area contributed by atoms with Crippen molar-refractivity contribution in [2.75, 3.05) is 20.7 Å². The molecule has 0 N–H and O–H groups in total. The molecule has 1 amide bonds. The highest BCUT2D eigenvalue weighted by Crippen LogP contribution is 2.38. The molecule has 1 saturated heterocycles. The number of hydrogen-bond acceptors (Lipinski definition) is 3. The molecule has 0 aliphatic carbocycles. The van der Waals surface area contributed by atoms with E-state index in [1.54, 1.807) is 0 Å². The monoisotopic (exact) mass is 239 g/mol. The van der Waals surface area contributed by atoms with Crippen LogP contribution < -0.4 is 0 Å². The van der Waals surface area contributed by atoms with E-state index in [0.717, 1.165) is 12.0 Å². The van der Waals surface area contributed by atoms with Crippen LogP contribution in [-0.2, 0) is 14.3 Å². The van der Waals surface area contributed by atoms with Gasteiger partial charge in [-0.2, -0.15) is 13.2 Å². The topological polar surface area (TPSA) is 46.6 Å². The van der Waals surface area contributed by atoms with Crippen molar-refractivity contribution in [1.29, 1.82) is 0 Å². The molecule has 2 unspecified atom stereocenters. The average molecular weight is 239 g/mol. The van der Waals surface area contributed by atoms with Crippen molar-refractivity contribution in [2.45, 2.75) is 12.6 Å². The minimum atomic E-state index is -4.56. The Bertz CT molecular complexity index is 303. The number of piperidine rings is 1. The number of carbonyl (C=O) groups excluding carboxylic acids is 2. The summed E-state index contributed by atoms with van der Waals surface area (Å²) in [5, 5.41) is 0. The predicted octanol–water partition coefficient (Wildman–Crippen LogP) is 0.816. The van der Waals surface area contributed by atoms with Gasteiger partial charge in [-0.25, -0.2) is 0 Å². The van der Waals surface area contributed by atoms with E-state index in [1.807, 2.05) is 0 Å². The second-order valence-electron chi connectivity index (χ2n) is 3.70. The molecule has 1 aliphatic rings. The average Bonchev–Trinajstić information content (AvgIpc) is 2.19. The molecule has 92 valence electrons. The third kappa shape index (κ3) is 2.28. The van der Waals surface area contributed by atoms with E-state index >= 15 is 0 Å². The zero-order valence-corrected chi connectivity index (χ0v) is 8.87. The summed E-state index contributed by atoms with van der Waals surface area (Å²) >= 11 is 0. The maximum atomic E-state index is 12.6. The minimum Gasteiger partial charge on any atom is -0.468 e. The van der Waals surface area contributed by atoms with Crippen LogP contribution in [-0.4, -0.2) is 43.7 Å². The molecule has 1 aliphatic heterocycles. The first kappa shape index (κ1) is 12.8. The van der Waals surface area contributed by atoms with E-state index in [2.05, 4.69) is 4.74 Å². The second kappa shape index (κ2) is 4.31. The first-order valence-corrected chi connectivity index (χ1v) is 4.68. The van der Waals surface area contributed by atoms with Gasteiger partial charge in [0.25, 0.3) is 0 Å². The Balaban J connectivity index is 3.00. The number of rotatable bonds is 1. The summed E-state index contributed by atoms with van der Waals surface area (Å²) in [6.45, 7) is -0.00347. The summed E-state index contributed by atoms with van der Waals surface area (Å²) in [5.41, 5.74) is 0. The number of esters is 1. The summed E-state index contributed by atoms with van der Waals surface area (Å²) in [5.74, 6) is -5.66. The fourth-order valence-electron chi connectivity index (χ4n) is 1.76. The lowest BCUT2D eigenvalue weighted by molar-refractivity contribution is -0.209. The van der Waals surface area contributed by atoms with E-state index in [9.17, 15) is 22.8 Å². The lowest BCUT2D eigenvalue weighted by Gasteiger charge is -2.35. The molecule has 2 atom stereocenters. The molecule has 0 bridgehead atoms. The Morgan fingerprint density at radius 1 is 1.50 bits per heavy atom. The largest absolute Gasteiger partial charge is 0.468 e. The van der Waals surface area contributed by atoms with Crippen molar-refractivity contribution in [1.82, 2.24) is 4.90 Å². The number of carbonyl (C=O) groups is 2. The van der Waals surface area contributed by atoms with Crippen molar-refractivity contribution >= 4 is 11.9 Å². The van der Waals surface area contributed by atoms with Gasteiger partial charge < -0.3 is 9.64 Å². The molecule has 1 heterocycles. The Morgan fingerprint density at radius 3 is 2.50 bits per heavy atom. The number of amides is 1. The van der Waals surface area contributed by atoms with Crippen LogP contribution in [0.2, 0.25) is 0 Å². The zero-order valence-electron chi connectivity index (χ0n) is 8.87. The summed E-state index contributed by atoms with van der Waals surface area (Å²) in [4.78, 5) is 23.8. The van der Waals surface area contributed by atoms with Gasteiger partial charge >= 0.3 is 12.1 Å². The zero-order chi connectivity index (χ0) is 12.5. The van der Waals surface area contributed by atoms with Crippen molar-refractivity contribution in [3.8, 4) is 0 Å². The van der Waals surface area contributed by atoms with Gasteiger partial charge in [0.2, 0.25) is 5.91 Å². The van der Waals surface area contributed by atoms with Gasteiger partial charge in [-0.1, -0.05) is 0 Å². The summed E-state index contributed by atoms with van der Waals surface area (Å²) in [6.07, 6.45) is -4.83. The molecule has 0 aromatic carbocycles. The summed E-state index contributed by atoms with van der Waals surface area (Å²) < 4.78 is 42.1. The standard InChI is InChI=1S/C9H12F3NO3/c1-13-4-3-5(9(10,11)12)6(7(13)14)8(15)16-2/h5-6H,3-4H2,1-2H3. The number of halogens is 3. The molecule has 16 heavy (non-hydrogen) atoms. The molecule has 1 rings (SSSR count). The lowest BCUT2D eigenvalue weighted by Crippen LogP contribution is -2.51. The van der Waals surface area contributed by atoms with Gasteiger partial charge in [0.05, 0.1) is 13.0 Å². The summed E-state index contributed by atoms with van der Waals surface area (Å²) in [7, 11) is 2.34. The maximum absolute atomic E-state index is 12.6. The molecule has 7 heteroatoms. The quantitative estimate of drug-likeness (QED) is 0.502. The van der Waals surface area contributed by atoms with Crippen LogP contribution in [0.5, 0.6) is 0 Å². The van der Waals surface area contributed by atoms with Crippen LogP contribution in [0.25, 0.3) is 0 Å². The molecule has 1 fully saturated rings. The highest BCUT2D eigenvalue weighted by molar-refractivity contribution is 5.98. The van der Waals surface area contributed by atoms with Crippen molar-refractivity contribution in [2.24, 2.45) is 11.8 Å². The van der Waals surface area contributed by atoms with Crippen molar-refractivity contribution in [3.63, 3.8) is 0 Å². The molecular weight excluding hydrogens is 227 g/mol. The predicted molar refractivity (Wildman–Crippen MR) is 47.3 cm³/mol. The van der Waals surface area contributed by atoms with Crippen LogP contribution in [0.15, 0.2) is 0 Å². The molecule has 0 saturated carbocycles. The highest BCUT2D eigenvalue weighted by Gasteiger charge is 2.53. The molecular formula is C9H12F3NO3. The normalized spacial score (nSPS) is 26.8. The van der Waals surface area contributed by atoms with Crippen LogP contribution in [0, 0.1) is 11.8 Å². The van der Waals surface area contributed by atoms with Gasteiger partial charge in [-0.05, 0) is 6.42 Å². The van der Waals surface area contributed by atoms with E-state index in [-0.39, 0.29) is 13.0 Å². The van der Waals surface area contributed by atoms with E-state index in [4.69, 9.17) is 0 Å². The SMILES string of the molecule is COC(=O)C1C(=O)N(C)CCC1C(F)(F)F. The van der Waals surface area contributed by atoms with E-state index < -0.39 is 29.9 Å². The smallest absolute Gasteiger partial charge is 0.393 e. The first-order valence-electron chi connectivity index (χ1n) is 4.68. The summed E-state index contributed by atoms with van der Waals surface area (Å²) in [6, 6.07) is 0. The number of likely N-dealkylation sites (tertiary alicyclic amines) is 1. The highest BCUT2D eigenvalue weighted by atomic mass is 19.4. The number of nitrogens with zero attached hydrogens (tertiary/aromatic N) is 1. The first-order chi connectivity index (χ1) is 7.29. The van der Waals surface area contributed by atoms with Crippen LogP contribution in [0.1, 0.15) is 6.42 Å². The maximum Gasteiger partial charge on any atom is 0.393 e. The minimum absolute atomic E-state index is 0.00347. The molecule has 0 aromatic heterocycles. The third-order valence-corrected chi connectivity index (χ3v) is 2.70. The lowest BCUT2D eigenvalue weighted by atomic mass is 9.84. The van der Waals surface area contributed by atoms with Gasteiger partial charge in [0.1, 0.15) is 5.92 Å². The Labute approximate surface area is 90.3 Å². The van der Waals surface area contributed by atoms with Gasteiger partial charge in [-0.15, -0.1) is 0 Å². The van der Waals surface area contributed by atoms with Gasteiger partial charge in [0, 0.05) is 13.6 Å². The van der Waals surface area contributed by atoms with Gasteiger partial charge in [0.15, 0.2) is 0 Å². The Kier molecular flexibility index (Phi) is 3.44. The van der Waals surface area contributed by atoms with Crippen molar-refractivity contribution < 1.29 is 27.5 Å². The fourth-order valence-corrected chi connectivity index (χ4v) is 1.76. The van der Waals surface area contributed by atoms with Crippen LogP contribution >= 0.6 is 0 Å². The Hall–Kier alpha value is -1.27. The molecule has 0 spiro atoms. The number of hydrogen-bond donors (Lipinski definition) is 0. The van der Waals surface area contributed by atoms with E-state index in [0.29, 0.717) is 0 Å². The van der Waals surface area contributed by atoms with Crippen molar-refractivity contribution in [3.05, 3.63) is 0 Å². The fraction of sp³-hybridized carbons (Fsp3) is 0.778. The van der Waals surface area contributed by atoms with Crippen LogP contribution in [0.4, 0.5) is 13.2 Å². The van der Waals surface area contributed by atoms with Gasteiger partial charge in [-0.3, -0.25) is 9.59 Å². The molecule has 4 nitrogen and oxygen atoms in total. The molecule has 0 aromatic rings. The number of ether oxygens (including phenoxy) is 1. The third-order valence-electron chi connectivity index (χ3n) is 2.70. The second-order valence-corrected chi connectivity index (χ2v) is 3.70.